The van der Waals surface area contributed by atoms with Gasteiger partial charge in [0.05, 0.1) is 0 Å². The molecule has 0 N–H and O–H groups in total. The lowest BCUT2D eigenvalue weighted by Crippen LogP contribution is -2.44. The molecule has 3 nitrogen and oxygen atoms in total. The molecule has 3 heterocycles. The van der Waals surface area contributed by atoms with E-state index in [2.05, 4.69) is 51.5 Å². The van der Waals surface area contributed by atoms with Crippen LogP contribution in [0.5, 0.6) is 0 Å². The van der Waals surface area contributed by atoms with Crippen LogP contribution in [0.2, 0.25) is 0 Å². The molecule has 1 saturated heterocycles. The van der Waals surface area contributed by atoms with E-state index in [1.54, 1.807) is 11.3 Å². The van der Waals surface area contributed by atoms with Crippen molar-refractivity contribution < 1.29 is 0 Å². The summed E-state index contributed by atoms with van der Waals surface area (Å²) in [6.07, 6.45) is 1.92. The number of aromatic nitrogens is 1. The fourth-order valence-corrected chi connectivity index (χ4v) is 2.95. The Kier molecular flexibility index (Phi) is 3.30. The molecule has 3 rings (SSSR count). The lowest BCUT2D eigenvalue weighted by atomic mass is 10.2. The van der Waals surface area contributed by atoms with Gasteiger partial charge in [-0.15, -0.1) is 11.3 Å². The first-order valence-corrected chi connectivity index (χ1v) is 7.14. The first-order valence-electron chi connectivity index (χ1n) is 6.26. The van der Waals surface area contributed by atoms with Crippen LogP contribution < -0.4 is 4.90 Å². The molecule has 1 aliphatic heterocycles. The van der Waals surface area contributed by atoms with E-state index in [1.807, 2.05) is 6.20 Å². The second-order valence-electron chi connectivity index (χ2n) is 4.67. The highest BCUT2D eigenvalue weighted by Gasteiger charge is 2.15. The zero-order valence-corrected chi connectivity index (χ0v) is 11.4. The number of hydrogen-bond acceptors (Lipinski definition) is 4. The zero-order valence-electron chi connectivity index (χ0n) is 10.5. The number of anilines is 1. The SMILES string of the molecule is CN1CCN(c2cc(-c3cccs3)ccn2)CC1. The largest absolute Gasteiger partial charge is 0.354 e. The van der Waals surface area contributed by atoms with Gasteiger partial charge in [-0.1, -0.05) is 6.07 Å². The van der Waals surface area contributed by atoms with Gasteiger partial charge in [0.15, 0.2) is 0 Å². The molecule has 4 heteroatoms. The van der Waals surface area contributed by atoms with Crippen molar-refractivity contribution in [1.29, 1.82) is 0 Å². The number of likely N-dealkylation sites (N-methyl/N-ethyl adjacent to an activating group) is 1. The maximum absolute atomic E-state index is 4.51. The molecule has 0 saturated carbocycles. The molecular formula is C14H17N3S. The van der Waals surface area contributed by atoms with Gasteiger partial charge in [-0.2, -0.15) is 0 Å². The Hall–Kier alpha value is -1.39. The molecule has 0 amide bonds. The predicted molar refractivity (Wildman–Crippen MR) is 77.3 cm³/mol. The molecule has 0 radical (unpaired) electrons. The van der Waals surface area contributed by atoms with Crippen LogP contribution in [0.4, 0.5) is 5.82 Å². The van der Waals surface area contributed by atoms with E-state index in [1.165, 1.54) is 10.4 Å². The van der Waals surface area contributed by atoms with Crippen molar-refractivity contribution in [2.45, 2.75) is 0 Å². The van der Waals surface area contributed by atoms with Gasteiger partial charge in [0.2, 0.25) is 0 Å². The summed E-state index contributed by atoms with van der Waals surface area (Å²) in [6.45, 7) is 4.37. The fourth-order valence-electron chi connectivity index (χ4n) is 2.22. The number of nitrogens with zero attached hydrogens (tertiary/aromatic N) is 3. The van der Waals surface area contributed by atoms with Gasteiger partial charge in [-0.25, -0.2) is 4.98 Å². The summed E-state index contributed by atoms with van der Waals surface area (Å²) in [7, 11) is 2.17. The minimum Gasteiger partial charge on any atom is -0.354 e. The van der Waals surface area contributed by atoms with E-state index in [0.717, 1.165) is 32.0 Å². The van der Waals surface area contributed by atoms with Crippen LogP contribution in [0.1, 0.15) is 0 Å². The lowest BCUT2D eigenvalue weighted by Gasteiger charge is -2.33. The van der Waals surface area contributed by atoms with Crippen LogP contribution >= 0.6 is 11.3 Å². The maximum Gasteiger partial charge on any atom is 0.129 e. The number of pyridine rings is 1. The van der Waals surface area contributed by atoms with Gasteiger partial charge < -0.3 is 9.80 Å². The zero-order chi connectivity index (χ0) is 12.4. The average Bonchev–Trinajstić information content (AvgIpc) is 2.94. The standard InChI is InChI=1S/C14H17N3S/c1-16-6-8-17(9-7-16)14-11-12(4-5-15-14)13-3-2-10-18-13/h2-5,10-11H,6-9H2,1H3. The number of rotatable bonds is 2. The van der Waals surface area contributed by atoms with Crippen LogP contribution in [0.25, 0.3) is 10.4 Å². The molecule has 2 aromatic heterocycles. The molecule has 1 fully saturated rings. The Morgan fingerprint density at radius 3 is 2.72 bits per heavy atom. The third-order valence-electron chi connectivity index (χ3n) is 3.38. The van der Waals surface area contributed by atoms with Crippen LogP contribution in [0.3, 0.4) is 0 Å². The third-order valence-corrected chi connectivity index (χ3v) is 4.30. The third kappa shape index (κ3) is 2.40. The summed E-state index contributed by atoms with van der Waals surface area (Å²) < 4.78 is 0. The average molecular weight is 259 g/mol. The van der Waals surface area contributed by atoms with Gasteiger partial charge >= 0.3 is 0 Å². The molecule has 1 aliphatic rings. The Labute approximate surface area is 112 Å². The lowest BCUT2D eigenvalue weighted by molar-refractivity contribution is 0.312. The van der Waals surface area contributed by atoms with Crippen LogP contribution in [0, 0.1) is 0 Å². The summed E-state index contributed by atoms with van der Waals surface area (Å²) >= 11 is 1.78. The Bertz CT molecular complexity index is 502. The number of thiophene rings is 1. The van der Waals surface area contributed by atoms with Crippen molar-refractivity contribution in [2.24, 2.45) is 0 Å². The predicted octanol–water partition coefficient (Wildman–Crippen LogP) is 2.56. The van der Waals surface area contributed by atoms with E-state index in [4.69, 9.17) is 0 Å². The van der Waals surface area contributed by atoms with Gasteiger partial charge in [0.25, 0.3) is 0 Å². The quantitative estimate of drug-likeness (QED) is 0.826. The molecule has 18 heavy (non-hydrogen) atoms. The second kappa shape index (κ2) is 5.08. The summed E-state index contributed by atoms with van der Waals surface area (Å²) in [5.41, 5.74) is 1.27. The second-order valence-corrected chi connectivity index (χ2v) is 5.62. The van der Waals surface area contributed by atoms with E-state index in [9.17, 15) is 0 Å². The van der Waals surface area contributed by atoms with Crippen molar-refractivity contribution >= 4 is 17.2 Å². The molecule has 94 valence electrons. The van der Waals surface area contributed by atoms with Crippen molar-refractivity contribution in [1.82, 2.24) is 9.88 Å². The molecule has 2 aromatic rings. The molecule has 0 atom stereocenters. The van der Waals surface area contributed by atoms with Gasteiger partial charge in [0, 0.05) is 37.3 Å². The van der Waals surface area contributed by atoms with Crippen molar-refractivity contribution in [3.8, 4) is 10.4 Å². The van der Waals surface area contributed by atoms with Crippen molar-refractivity contribution in [3.63, 3.8) is 0 Å². The van der Waals surface area contributed by atoms with E-state index >= 15 is 0 Å². The van der Waals surface area contributed by atoms with Crippen molar-refractivity contribution in [2.75, 3.05) is 38.1 Å². The Balaban J connectivity index is 1.83. The molecular weight excluding hydrogens is 242 g/mol. The van der Waals surface area contributed by atoms with E-state index in [0.29, 0.717) is 0 Å². The normalized spacial score (nSPS) is 17.1. The molecule has 0 spiro atoms. The first kappa shape index (κ1) is 11.7. The summed E-state index contributed by atoms with van der Waals surface area (Å²) in [6, 6.07) is 8.55. The highest BCUT2D eigenvalue weighted by molar-refractivity contribution is 7.13. The Morgan fingerprint density at radius 1 is 1.17 bits per heavy atom. The molecule has 0 aromatic carbocycles. The summed E-state index contributed by atoms with van der Waals surface area (Å²) in [4.78, 5) is 10.6. The fraction of sp³-hybridized carbons (Fsp3) is 0.357. The highest BCUT2D eigenvalue weighted by atomic mass is 32.1. The number of piperazine rings is 1. The molecule has 0 unspecified atom stereocenters. The van der Waals surface area contributed by atoms with E-state index in [-0.39, 0.29) is 0 Å². The summed E-state index contributed by atoms with van der Waals surface area (Å²) in [5, 5.41) is 2.12. The van der Waals surface area contributed by atoms with Crippen LogP contribution in [0.15, 0.2) is 35.8 Å². The minimum atomic E-state index is 1.07. The first-order chi connectivity index (χ1) is 8.83. The van der Waals surface area contributed by atoms with Gasteiger partial charge in [0.1, 0.15) is 5.82 Å². The van der Waals surface area contributed by atoms with Crippen LogP contribution in [-0.4, -0.2) is 43.1 Å². The van der Waals surface area contributed by atoms with Gasteiger partial charge in [-0.3, -0.25) is 0 Å². The summed E-state index contributed by atoms with van der Waals surface area (Å²) in [5.74, 6) is 1.11. The van der Waals surface area contributed by atoms with E-state index < -0.39 is 0 Å². The number of hydrogen-bond donors (Lipinski definition) is 0. The Morgan fingerprint density at radius 2 is 2.00 bits per heavy atom. The van der Waals surface area contributed by atoms with Crippen molar-refractivity contribution in [3.05, 3.63) is 35.8 Å². The smallest absolute Gasteiger partial charge is 0.129 e. The minimum absolute atomic E-state index is 1.07. The topological polar surface area (TPSA) is 19.4 Å². The molecule has 0 aliphatic carbocycles. The van der Waals surface area contributed by atoms with Crippen LogP contribution in [-0.2, 0) is 0 Å². The monoisotopic (exact) mass is 259 g/mol. The van der Waals surface area contributed by atoms with Gasteiger partial charge in [-0.05, 0) is 36.2 Å². The molecule has 0 bridgehead atoms. The highest BCUT2D eigenvalue weighted by Crippen LogP contribution is 2.27. The maximum atomic E-state index is 4.51.